The fourth-order valence-corrected chi connectivity index (χ4v) is 6.75. The van der Waals surface area contributed by atoms with Crippen LogP contribution in [0.25, 0.3) is 10.9 Å². The van der Waals surface area contributed by atoms with Crippen molar-refractivity contribution in [2.75, 3.05) is 0 Å². The van der Waals surface area contributed by atoms with E-state index in [1.54, 1.807) is 12.1 Å². The molecule has 2 aliphatic carbocycles. The van der Waals surface area contributed by atoms with Crippen LogP contribution in [0.2, 0.25) is 0 Å². The second kappa shape index (κ2) is 11.3. The van der Waals surface area contributed by atoms with Gasteiger partial charge in [-0.2, -0.15) is 0 Å². The maximum atomic E-state index is 14.6. The number of aryl methyl sites for hydroxylation is 1. The Bertz CT molecular complexity index is 1160. The summed E-state index contributed by atoms with van der Waals surface area (Å²) in [5.74, 6) is 1.05. The molecule has 0 spiro atoms. The number of aromatic nitrogens is 1. The Balaban J connectivity index is 1.47. The molecule has 1 unspecified atom stereocenters. The van der Waals surface area contributed by atoms with Gasteiger partial charge in [-0.3, -0.25) is 4.79 Å². The molecule has 2 fully saturated rings. The molecule has 0 amide bonds. The van der Waals surface area contributed by atoms with Gasteiger partial charge in [0.2, 0.25) is 0 Å². The standard InChI is InChI=1S/C32H41FN2O/c1-22-15-25(18-26(33)16-22)30(19-28(36)17-23-11-13-27(34)14-12-23)31-21-35(20-24-7-3-2-4-8-24)32-10-6-5-9-29(31)32/h5-6,9-10,15-16,18,21,23-24,27,30H,2-4,7-8,11-14,17,19-20,34H2,1H3. The van der Waals surface area contributed by atoms with Crippen LogP contribution in [0.1, 0.15) is 93.2 Å². The van der Waals surface area contributed by atoms with Crippen molar-refractivity contribution >= 4 is 16.7 Å². The molecule has 4 heteroatoms. The van der Waals surface area contributed by atoms with Gasteiger partial charge in [0, 0.05) is 48.4 Å². The van der Waals surface area contributed by atoms with Gasteiger partial charge in [0.1, 0.15) is 11.6 Å². The number of para-hydroxylation sites is 1. The second-order valence-electron chi connectivity index (χ2n) is 11.6. The molecule has 3 aromatic rings. The van der Waals surface area contributed by atoms with Crippen LogP contribution in [0.5, 0.6) is 0 Å². The highest BCUT2D eigenvalue weighted by atomic mass is 19.1. The number of benzene rings is 2. The Labute approximate surface area is 215 Å². The second-order valence-corrected chi connectivity index (χ2v) is 11.6. The molecule has 1 heterocycles. The number of carbonyl (C=O) groups is 1. The highest BCUT2D eigenvalue weighted by molar-refractivity contribution is 5.87. The fourth-order valence-electron chi connectivity index (χ4n) is 6.75. The first kappa shape index (κ1) is 25.2. The van der Waals surface area contributed by atoms with Crippen LogP contribution in [-0.2, 0) is 11.3 Å². The molecule has 5 rings (SSSR count). The van der Waals surface area contributed by atoms with E-state index in [2.05, 4.69) is 41.1 Å². The molecule has 1 aromatic heterocycles. The molecular formula is C32H41FN2O. The third-order valence-electron chi connectivity index (χ3n) is 8.68. The summed E-state index contributed by atoms with van der Waals surface area (Å²) < 4.78 is 17.0. The molecule has 2 aliphatic rings. The zero-order chi connectivity index (χ0) is 25.1. The molecule has 36 heavy (non-hydrogen) atoms. The van der Waals surface area contributed by atoms with Crippen molar-refractivity contribution in [1.82, 2.24) is 4.57 Å². The van der Waals surface area contributed by atoms with Crippen LogP contribution in [-0.4, -0.2) is 16.4 Å². The van der Waals surface area contributed by atoms with Crippen molar-refractivity contribution in [3.63, 3.8) is 0 Å². The summed E-state index contributed by atoms with van der Waals surface area (Å²) in [5.41, 5.74) is 10.3. The highest BCUT2D eigenvalue weighted by Gasteiger charge is 2.27. The average Bonchev–Trinajstić information content (AvgIpc) is 3.22. The SMILES string of the molecule is Cc1cc(F)cc(C(CC(=O)CC2CCC(N)CC2)c2cn(CC3CCCCC3)c3ccccc23)c1. The molecule has 2 saturated carbocycles. The summed E-state index contributed by atoms with van der Waals surface area (Å²) in [7, 11) is 0. The van der Waals surface area contributed by atoms with E-state index in [1.807, 2.05) is 6.92 Å². The van der Waals surface area contributed by atoms with E-state index in [-0.39, 0.29) is 23.6 Å². The lowest BCUT2D eigenvalue weighted by Crippen LogP contribution is -2.27. The first-order chi connectivity index (χ1) is 17.5. The summed E-state index contributed by atoms with van der Waals surface area (Å²) in [5, 5.41) is 1.19. The number of Topliss-reactive ketones (excluding diaryl/α,β-unsaturated/α-hetero) is 1. The largest absolute Gasteiger partial charge is 0.347 e. The van der Waals surface area contributed by atoms with Gasteiger partial charge in [-0.25, -0.2) is 4.39 Å². The first-order valence-electron chi connectivity index (χ1n) is 14.1. The normalized spacial score (nSPS) is 22.1. The van der Waals surface area contributed by atoms with E-state index in [0.717, 1.165) is 48.9 Å². The van der Waals surface area contributed by atoms with Gasteiger partial charge >= 0.3 is 0 Å². The Hall–Kier alpha value is -2.46. The van der Waals surface area contributed by atoms with E-state index in [4.69, 9.17) is 5.73 Å². The van der Waals surface area contributed by atoms with E-state index < -0.39 is 0 Å². The van der Waals surface area contributed by atoms with Gasteiger partial charge < -0.3 is 10.3 Å². The third kappa shape index (κ3) is 5.91. The van der Waals surface area contributed by atoms with Gasteiger partial charge in [-0.15, -0.1) is 0 Å². The maximum absolute atomic E-state index is 14.6. The fraction of sp³-hybridized carbons (Fsp3) is 0.531. The molecule has 3 nitrogen and oxygen atoms in total. The molecule has 0 radical (unpaired) electrons. The van der Waals surface area contributed by atoms with Crippen LogP contribution in [0, 0.1) is 24.6 Å². The number of ketones is 1. The number of hydrogen-bond acceptors (Lipinski definition) is 2. The molecule has 1 atom stereocenters. The topological polar surface area (TPSA) is 48.0 Å². The molecule has 0 saturated heterocycles. The number of fused-ring (bicyclic) bond motifs is 1. The minimum atomic E-state index is -0.227. The van der Waals surface area contributed by atoms with Crippen LogP contribution >= 0.6 is 0 Å². The van der Waals surface area contributed by atoms with Gasteiger partial charge in [0.25, 0.3) is 0 Å². The molecule has 0 aliphatic heterocycles. The van der Waals surface area contributed by atoms with E-state index in [9.17, 15) is 9.18 Å². The third-order valence-corrected chi connectivity index (χ3v) is 8.68. The molecule has 192 valence electrons. The Morgan fingerprint density at radius 1 is 1.00 bits per heavy atom. The van der Waals surface area contributed by atoms with Gasteiger partial charge in [-0.1, -0.05) is 43.5 Å². The number of nitrogens with two attached hydrogens (primary N) is 1. The Morgan fingerprint density at radius 3 is 2.50 bits per heavy atom. The lowest BCUT2D eigenvalue weighted by molar-refractivity contribution is -0.120. The maximum Gasteiger partial charge on any atom is 0.134 e. The summed E-state index contributed by atoms with van der Waals surface area (Å²) in [4.78, 5) is 13.4. The Kier molecular flexibility index (Phi) is 7.90. The highest BCUT2D eigenvalue weighted by Crippen LogP contribution is 2.38. The Morgan fingerprint density at radius 2 is 1.75 bits per heavy atom. The average molecular weight is 489 g/mol. The zero-order valence-corrected chi connectivity index (χ0v) is 21.7. The van der Waals surface area contributed by atoms with Crippen LogP contribution in [0.15, 0.2) is 48.7 Å². The van der Waals surface area contributed by atoms with Crippen molar-refractivity contribution in [3.05, 3.63) is 71.2 Å². The van der Waals surface area contributed by atoms with E-state index in [1.165, 1.54) is 43.0 Å². The minimum Gasteiger partial charge on any atom is -0.347 e. The predicted molar refractivity (Wildman–Crippen MR) is 146 cm³/mol. The summed E-state index contributed by atoms with van der Waals surface area (Å²) in [6.07, 6.45) is 14.0. The van der Waals surface area contributed by atoms with Gasteiger partial charge in [0.05, 0.1) is 0 Å². The van der Waals surface area contributed by atoms with E-state index in [0.29, 0.717) is 24.7 Å². The lowest BCUT2D eigenvalue weighted by atomic mass is 9.80. The number of hydrogen-bond donors (Lipinski definition) is 1. The van der Waals surface area contributed by atoms with Crippen molar-refractivity contribution in [1.29, 1.82) is 0 Å². The van der Waals surface area contributed by atoms with Crippen molar-refractivity contribution in [2.24, 2.45) is 17.6 Å². The van der Waals surface area contributed by atoms with Gasteiger partial charge in [0.15, 0.2) is 0 Å². The zero-order valence-electron chi connectivity index (χ0n) is 21.7. The van der Waals surface area contributed by atoms with E-state index >= 15 is 0 Å². The number of carbonyl (C=O) groups excluding carboxylic acids is 1. The summed E-state index contributed by atoms with van der Waals surface area (Å²) >= 11 is 0. The van der Waals surface area contributed by atoms with Crippen molar-refractivity contribution in [3.8, 4) is 0 Å². The monoisotopic (exact) mass is 488 g/mol. The molecular weight excluding hydrogens is 447 g/mol. The molecule has 2 aromatic carbocycles. The number of rotatable bonds is 8. The van der Waals surface area contributed by atoms with Crippen molar-refractivity contribution in [2.45, 2.75) is 96.1 Å². The lowest BCUT2D eigenvalue weighted by Gasteiger charge is -2.26. The number of halogens is 1. The van der Waals surface area contributed by atoms with Crippen LogP contribution in [0.4, 0.5) is 4.39 Å². The summed E-state index contributed by atoms with van der Waals surface area (Å²) in [6, 6.07) is 14.1. The van der Waals surface area contributed by atoms with Crippen LogP contribution in [0.3, 0.4) is 0 Å². The predicted octanol–water partition coefficient (Wildman–Crippen LogP) is 7.67. The van der Waals surface area contributed by atoms with Crippen molar-refractivity contribution < 1.29 is 9.18 Å². The summed E-state index contributed by atoms with van der Waals surface area (Å²) in [6.45, 7) is 2.95. The van der Waals surface area contributed by atoms with Gasteiger partial charge in [-0.05, 0) is 92.2 Å². The molecule has 2 N–H and O–H groups in total. The first-order valence-corrected chi connectivity index (χ1v) is 14.1. The quantitative estimate of drug-likeness (QED) is 0.354. The van der Waals surface area contributed by atoms with Crippen LogP contribution < -0.4 is 5.73 Å². The minimum absolute atomic E-state index is 0.143. The smallest absolute Gasteiger partial charge is 0.134 e. The molecule has 0 bridgehead atoms. The number of nitrogens with zero attached hydrogens (tertiary/aromatic N) is 1.